The van der Waals surface area contributed by atoms with Crippen molar-refractivity contribution < 1.29 is 22.7 Å². The number of ether oxygens (including phenoxy) is 1. The molecule has 0 radical (unpaired) electrons. The zero-order chi connectivity index (χ0) is 16.9. The molecule has 0 aliphatic carbocycles. The second kappa shape index (κ2) is 7.17. The van der Waals surface area contributed by atoms with Crippen molar-refractivity contribution in [2.75, 3.05) is 12.4 Å². The van der Waals surface area contributed by atoms with E-state index in [0.29, 0.717) is 5.56 Å². The Morgan fingerprint density at radius 1 is 1.09 bits per heavy atom. The standard InChI is InChI=1S/C17H16F3NO2/c1-23-16(22)10-12-5-7-15(8-6-12)21-11-13-3-2-4-14(9-13)17(18,19)20/h2-9,21H,10-11H2,1H3. The van der Waals surface area contributed by atoms with Crippen LogP contribution in [0, 0.1) is 0 Å². The average molecular weight is 323 g/mol. The highest BCUT2D eigenvalue weighted by Gasteiger charge is 2.30. The van der Waals surface area contributed by atoms with Gasteiger partial charge in [0.1, 0.15) is 0 Å². The van der Waals surface area contributed by atoms with Gasteiger partial charge in [-0.15, -0.1) is 0 Å². The number of alkyl halides is 3. The van der Waals surface area contributed by atoms with Crippen LogP contribution in [0.2, 0.25) is 0 Å². The summed E-state index contributed by atoms with van der Waals surface area (Å²) in [6.45, 7) is 0.278. The zero-order valence-corrected chi connectivity index (χ0v) is 12.5. The van der Waals surface area contributed by atoms with Crippen LogP contribution in [0.15, 0.2) is 48.5 Å². The van der Waals surface area contributed by atoms with Gasteiger partial charge >= 0.3 is 12.1 Å². The lowest BCUT2D eigenvalue weighted by Crippen LogP contribution is -2.07. The van der Waals surface area contributed by atoms with E-state index in [2.05, 4.69) is 10.1 Å². The van der Waals surface area contributed by atoms with Gasteiger partial charge in [-0.05, 0) is 35.4 Å². The van der Waals surface area contributed by atoms with Crippen LogP contribution < -0.4 is 5.32 Å². The van der Waals surface area contributed by atoms with Crippen LogP contribution in [0.25, 0.3) is 0 Å². The van der Waals surface area contributed by atoms with Crippen molar-refractivity contribution in [3.63, 3.8) is 0 Å². The fourth-order valence-corrected chi connectivity index (χ4v) is 2.04. The van der Waals surface area contributed by atoms with E-state index in [-0.39, 0.29) is 18.9 Å². The third-order valence-corrected chi connectivity index (χ3v) is 3.28. The molecule has 6 heteroatoms. The van der Waals surface area contributed by atoms with Gasteiger partial charge in [-0.1, -0.05) is 24.3 Å². The van der Waals surface area contributed by atoms with Crippen LogP contribution in [0.3, 0.4) is 0 Å². The number of anilines is 1. The highest BCUT2D eigenvalue weighted by atomic mass is 19.4. The maximum absolute atomic E-state index is 12.7. The van der Waals surface area contributed by atoms with Gasteiger partial charge in [0, 0.05) is 12.2 Å². The molecule has 3 nitrogen and oxygen atoms in total. The molecule has 2 rings (SSSR count). The van der Waals surface area contributed by atoms with E-state index in [1.807, 2.05) is 0 Å². The molecule has 0 atom stereocenters. The Hall–Kier alpha value is -2.50. The molecule has 2 aromatic rings. The molecular weight excluding hydrogens is 307 g/mol. The first kappa shape index (κ1) is 16.9. The van der Waals surface area contributed by atoms with Gasteiger partial charge in [-0.25, -0.2) is 0 Å². The molecule has 122 valence electrons. The minimum absolute atomic E-state index is 0.185. The predicted molar refractivity (Wildman–Crippen MR) is 80.9 cm³/mol. The summed E-state index contributed by atoms with van der Waals surface area (Å²) >= 11 is 0. The number of hydrogen-bond acceptors (Lipinski definition) is 3. The normalized spacial score (nSPS) is 11.1. The van der Waals surface area contributed by atoms with E-state index in [0.717, 1.165) is 23.4 Å². The summed E-state index contributed by atoms with van der Waals surface area (Å²) in [4.78, 5) is 11.2. The van der Waals surface area contributed by atoms with E-state index >= 15 is 0 Å². The quantitative estimate of drug-likeness (QED) is 0.844. The number of methoxy groups -OCH3 is 1. The molecule has 0 heterocycles. The van der Waals surface area contributed by atoms with Crippen LogP contribution in [0.4, 0.5) is 18.9 Å². The number of rotatable bonds is 5. The molecule has 0 saturated carbocycles. The minimum Gasteiger partial charge on any atom is -0.469 e. The monoisotopic (exact) mass is 323 g/mol. The molecule has 0 aliphatic rings. The zero-order valence-electron chi connectivity index (χ0n) is 12.5. The van der Waals surface area contributed by atoms with Crippen molar-refractivity contribution in [1.82, 2.24) is 0 Å². The van der Waals surface area contributed by atoms with Crippen molar-refractivity contribution in [3.05, 3.63) is 65.2 Å². The summed E-state index contributed by atoms with van der Waals surface area (Å²) in [7, 11) is 1.33. The lowest BCUT2D eigenvalue weighted by atomic mass is 10.1. The largest absolute Gasteiger partial charge is 0.469 e. The third kappa shape index (κ3) is 5.02. The van der Waals surface area contributed by atoms with Gasteiger partial charge in [-0.2, -0.15) is 13.2 Å². The Labute approximate surface area is 132 Å². The first-order valence-electron chi connectivity index (χ1n) is 6.94. The van der Waals surface area contributed by atoms with Gasteiger partial charge in [0.15, 0.2) is 0 Å². The number of benzene rings is 2. The Morgan fingerprint density at radius 2 is 1.78 bits per heavy atom. The van der Waals surface area contributed by atoms with E-state index in [9.17, 15) is 18.0 Å². The Kier molecular flexibility index (Phi) is 5.26. The summed E-state index contributed by atoms with van der Waals surface area (Å²) in [6, 6.07) is 12.3. The van der Waals surface area contributed by atoms with Gasteiger partial charge in [0.05, 0.1) is 19.1 Å². The summed E-state index contributed by atoms with van der Waals surface area (Å²) < 4.78 is 42.5. The lowest BCUT2D eigenvalue weighted by Gasteiger charge is -2.10. The Balaban J connectivity index is 1.97. The Bertz CT molecular complexity index is 666. The van der Waals surface area contributed by atoms with E-state index in [4.69, 9.17) is 0 Å². The number of carbonyl (C=O) groups is 1. The Morgan fingerprint density at radius 3 is 2.39 bits per heavy atom. The molecule has 0 unspecified atom stereocenters. The number of carbonyl (C=O) groups excluding carboxylic acids is 1. The number of hydrogen-bond donors (Lipinski definition) is 1. The maximum atomic E-state index is 12.7. The second-order valence-corrected chi connectivity index (χ2v) is 5.00. The highest BCUT2D eigenvalue weighted by molar-refractivity contribution is 5.72. The maximum Gasteiger partial charge on any atom is 0.416 e. The fourth-order valence-electron chi connectivity index (χ4n) is 2.04. The molecular formula is C17H16F3NO2. The number of nitrogens with one attached hydrogen (secondary N) is 1. The number of halogens is 3. The minimum atomic E-state index is -4.34. The lowest BCUT2D eigenvalue weighted by molar-refractivity contribution is -0.140. The predicted octanol–water partition coefficient (Wildman–Crippen LogP) is 4.03. The second-order valence-electron chi connectivity index (χ2n) is 5.00. The number of esters is 1. The molecule has 1 N–H and O–H groups in total. The highest BCUT2D eigenvalue weighted by Crippen LogP contribution is 2.29. The van der Waals surface area contributed by atoms with Crippen molar-refractivity contribution in [1.29, 1.82) is 0 Å². The summed E-state index contributed by atoms with van der Waals surface area (Å²) in [5, 5.41) is 3.05. The SMILES string of the molecule is COC(=O)Cc1ccc(NCc2cccc(C(F)(F)F)c2)cc1. The molecule has 0 amide bonds. The first-order chi connectivity index (χ1) is 10.9. The molecule has 0 bridgehead atoms. The van der Waals surface area contributed by atoms with Gasteiger partial charge in [0.25, 0.3) is 0 Å². The van der Waals surface area contributed by atoms with Crippen molar-refractivity contribution in [2.24, 2.45) is 0 Å². The van der Waals surface area contributed by atoms with Gasteiger partial charge in [0.2, 0.25) is 0 Å². The van der Waals surface area contributed by atoms with Crippen LogP contribution in [-0.2, 0) is 28.7 Å². The van der Waals surface area contributed by atoms with E-state index in [1.165, 1.54) is 13.2 Å². The molecule has 2 aromatic carbocycles. The summed E-state index contributed by atoms with van der Waals surface area (Å²) in [5.74, 6) is -0.324. The van der Waals surface area contributed by atoms with Gasteiger partial charge < -0.3 is 10.1 Å². The van der Waals surface area contributed by atoms with E-state index < -0.39 is 11.7 Å². The third-order valence-electron chi connectivity index (χ3n) is 3.28. The average Bonchev–Trinajstić information content (AvgIpc) is 2.53. The van der Waals surface area contributed by atoms with Crippen LogP contribution >= 0.6 is 0 Å². The fraction of sp³-hybridized carbons (Fsp3) is 0.235. The van der Waals surface area contributed by atoms with Crippen molar-refractivity contribution >= 4 is 11.7 Å². The molecule has 0 saturated heterocycles. The topological polar surface area (TPSA) is 38.3 Å². The van der Waals surface area contributed by atoms with Crippen molar-refractivity contribution in [2.45, 2.75) is 19.1 Å². The molecule has 0 aliphatic heterocycles. The summed E-state index contributed by atoms with van der Waals surface area (Å²) in [5.41, 5.74) is 1.45. The molecule has 0 aromatic heterocycles. The molecule has 0 spiro atoms. The smallest absolute Gasteiger partial charge is 0.416 e. The first-order valence-corrected chi connectivity index (χ1v) is 6.94. The molecule has 23 heavy (non-hydrogen) atoms. The molecule has 0 fully saturated rings. The summed E-state index contributed by atoms with van der Waals surface area (Å²) in [6.07, 6.45) is -4.16. The van der Waals surface area contributed by atoms with Crippen molar-refractivity contribution in [3.8, 4) is 0 Å². The van der Waals surface area contributed by atoms with Gasteiger partial charge in [-0.3, -0.25) is 4.79 Å². The van der Waals surface area contributed by atoms with Crippen LogP contribution in [-0.4, -0.2) is 13.1 Å². The van der Waals surface area contributed by atoms with Crippen LogP contribution in [0.1, 0.15) is 16.7 Å². The van der Waals surface area contributed by atoms with E-state index in [1.54, 1.807) is 30.3 Å². The van der Waals surface area contributed by atoms with Crippen LogP contribution in [0.5, 0.6) is 0 Å².